The van der Waals surface area contributed by atoms with Gasteiger partial charge in [0, 0.05) is 6.04 Å². The maximum absolute atomic E-state index is 3.36. The van der Waals surface area contributed by atoms with Gasteiger partial charge in [-0.25, -0.2) is 0 Å². The summed E-state index contributed by atoms with van der Waals surface area (Å²) in [6.07, 6.45) is 4.20. The Morgan fingerprint density at radius 1 is 1.43 bits per heavy atom. The van der Waals surface area contributed by atoms with Gasteiger partial charge in [0.15, 0.2) is 0 Å². The van der Waals surface area contributed by atoms with Gasteiger partial charge in [0.2, 0.25) is 0 Å². The highest BCUT2D eigenvalue weighted by atomic mass is 15.0. The van der Waals surface area contributed by atoms with Crippen LogP contribution in [0.3, 0.4) is 0 Å². The summed E-state index contributed by atoms with van der Waals surface area (Å²) >= 11 is 0. The molecule has 2 heterocycles. The van der Waals surface area contributed by atoms with Crippen molar-refractivity contribution in [2.75, 3.05) is 6.54 Å². The van der Waals surface area contributed by atoms with Crippen molar-refractivity contribution in [3.8, 4) is 0 Å². The van der Waals surface area contributed by atoms with Crippen molar-refractivity contribution in [1.29, 1.82) is 0 Å². The van der Waals surface area contributed by atoms with Gasteiger partial charge in [0.1, 0.15) is 0 Å². The van der Waals surface area contributed by atoms with Crippen LogP contribution >= 0.6 is 0 Å². The van der Waals surface area contributed by atoms with Crippen molar-refractivity contribution in [2.45, 2.75) is 19.3 Å². The van der Waals surface area contributed by atoms with E-state index < -0.39 is 0 Å². The lowest BCUT2D eigenvalue weighted by Crippen LogP contribution is -2.41. The molecule has 1 saturated carbocycles. The van der Waals surface area contributed by atoms with E-state index >= 15 is 0 Å². The summed E-state index contributed by atoms with van der Waals surface area (Å²) in [4.78, 5) is 0. The number of rotatable bonds is 0. The number of hydrogen-bond acceptors (Lipinski definition) is 1. The first-order valence-corrected chi connectivity index (χ1v) is 3.04. The van der Waals surface area contributed by atoms with Crippen LogP contribution in [0.5, 0.6) is 0 Å². The minimum Gasteiger partial charge on any atom is -0.309 e. The van der Waals surface area contributed by atoms with Crippen molar-refractivity contribution in [3.05, 3.63) is 6.04 Å². The zero-order chi connectivity index (χ0) is 4.69. The Balaban J connectivity index is 1.99. The minimum absolute atomic E-state index is 1.08. The van der Waals surface area contributed by atoms with Crippen LogP contribution in [-0.4, -0.2) is 6.54 Å². The van der Waals surface area contributed by atoms with Crippen molar-refractivity contribution in [2.24, 2.45) is 5.92 Å². The summed E-state index contributed by atoms with van der Waals surface area (Å²) in [7, 11) is 0. The van der Waals surface area contributed by atoms with E-state index in [1.165, 1.54) is 25.8 Å². The SMILES string of the molecule is C1CC2C[C](C2)N1. The van der Waals surface area contributed by atoms with Gasteiger partial charge in [-0.2, -0.15) is 0 Å². The van der Waals surface area contributed by atoms with Crippen LogP contribution in [-0.2, 0) is 0 Å². The van der Waals surface area contributed by atoms with Crippen molar-refractivity contribution in [3.63, 3.8) is 0 Å². The van der Waals surface area contributed by atoms with Gasteiger partial charge in [0.25, 0.3) is 0 Å². The Morgan fingerprint density at radius 2 is 2.29 bits per heavy atom. The van der Waals surface area contributed by atoms with E-state index in [-0.39, 0.29) is 0 Å². The molecule has 3 rings (SSSR count). The van der Waals surface area contributed by atoms with Crippen LogP contribution in [0.4, 0.5) is 0 Å². The van der Waals surface area contributed by atoms with Crippen LogP contribution in [0.1, 0.15) is 19.3 Å². The third-order valence-electron chi connectivity index (χ3n) is 2.00. The van der Waals surface area contributed by atoms with Gasteiger partial charge >= 0.3 is 0 Å². The highest BCUT2D eigenvalue weighted by molar-refractivity contribution is 5.04. The quantitative estimate of drug-likeness (QED) is 0.473. The maximum atomic E-state index is 3.36. The van der Waals surface area contributed by atoms with Crippen molar-refractivity contribution in [1.82, 2.24) is 5.32 Å². The highest BCUT2D eigenvalue weighted by Crippen LogP contribution is 2.38. The van der Waals surface area contributed by atoms with Gasteiger partial charge < -0.3 is 5.32 Å². The first-order valence-electron chi connectivity index (χ1n) is 3.04. The smallest absolute Gasteiger partial charge is 0.0369 e. The molecule has 3 aliphatic rings. The monoisotopic (exact) mass is 96.1 g/mol. The Bertz CT molecular complexity index is 60.7. The van der Waals surface area contributed by atoms with Crippen LogP contribution in [0, 0.1) is 12.0 Å². The number of hydrogen-bond donors (Lipinski definition) is 1. The first kappa shape index (κ1) is 3.90. The third kappa shape index (κ3) is 0.480. The molecule has 1 N–H and O–H groups in total. The zero-order valence-electron chi connectivity index (χ0n) is 4.41. The average Bonchev–Trinajstić information content (AvgIpc) is 1.67. The van der Waals surface area contributed by atoms with Gasteiger partial charge in [-0.15, -0.1) is 0 Å². The second-order valence-corrected chi connectivity index (χ2v) is 2.59. The molecule has 7 heavy (non-hydrogen) atoms. The fraction of sp³-hybridized carbons (Fsp3) is 0.833. The minimum atomic E-state index is 1.08. The van der Waals surface area contributed by atoms with Gasteiger partial charge in [0.05, 0.1) is 0 Å². The van der Waals surface area contributed by atoms with Crippen LogP contribution < -0.4 is 5.32 Å². The lowest BCUT2D eigenvalue weighted by molar-refractivity contribution is 0.241. The lowest BCUT2D eigenvalue weighted by Gasteiger charge is -2.40. The molecule has 0 aromatic heterocycles. The Labute approximate surface area is 44.1 Å². The van der Waals surface area contributed by atoms with E-state index in [1.807, 2.05) is 0 Å². The van der Waals surface area contributed by atoms with Gasteiger partial charge in [-0.1, -0.05) is 0 Å². The summed E-state index contributed by atoms with van der Waals surface area (Å²) in [5.74, 6) is 1.08. The molecule has 2 aliphatic heterocycles. The zero-order valence-corrected chi connectivity index (χ0v) is 4.41. The molecule has 1 aliphatic carbocycles. The number of piperidine rings is 2. The van der Waals surface area contributed by atoms with Gasteiger partial charge in [-0.05, 0) is 31.7 Å². The highest BCUT2D eigenvalue weighted by Gasteiger charge is 2.32. The van der Waals surface area contributed by atoms with Gasteiger partial charge in [-0.3, -0.25) is 0 Å². The molecule has 0 amide bonds. The second kappa shape index (κ2) is 1.22. The predicted octanol–water partition coefficient (Wildman–Crippen LogP) is 0.922. The van der Waals surface area contributed by atoms with E-state index in [0.717, 1.165) is 5.92 Å². The van der Waals surface area contributed by atoms with Crippen LogP contribution in [0.15, 0.2) is 0 Å². The number of nitrogens with one attached hydrogen (secondary N) is 1. The Hall–Kier alpha value is -0.0400. The Kier molecular flexibility index (Phi) is 0.680. The first-order chi connectivity index (χ1) is 3.45. The molecule has 0 unspecified atom stereocenters. The lowest BCUT2D eigenvalue weighted by atomic mass is 9.75. The molecule has 2 bridgehead atoms. The van der Waals surface area contributed by atoms with Crippen molar-refractivity contribution < 1.29 is 0 Å². The molecule has 2 saturated heterocycles. The molecule has 0 atom stereocenters. The average molecular weight is 96.2 g/mol. The summed E-state index contributed by atoms with van der Waals surface area (Å²) in [5, 5.41) is 3.36. The van der Waals surface area contributed by atoms with E-state index in [0.29, 0.717) is 0 Å². The van der Waals surface area contributed by atoms with E-state index in [9.17, 15) is 0 Å². The van der Waals surface area contributed by atoms with Crippen molar-refractivity contribution >= 4 is 0 Å². The molecule has 0 spiro atoms. The molecule has 39 valence electrons. The topological polar surface area (TPSA) is 12.0 Å². The molecule has 1 heteroatoms. The van der Waals surface area contributed by atoms with E-state index in [1.54, 1.807) is 6.04 Å². The van der Waals surface area contributed by atoms with Crippen LogP contribution in [0.2, 0.25) is 0 Å². The second-order valence-electron chi connectivity index (χ2n) is 2.59. The normalized spacial score (nSPS) is 32.6. The molecule has 0 aromatic rings. The van der Waals surface area contributed by atoms with Crippen LogP contribution in [0.25, 0.3) is 0 Å². The largest absolute Gasteiger partial charge is 0.309 e. The van der Waals surface area contributed by atoms with E-state index in [2.05, 4.69) is 5.32 Å². The molecular weight excluding hydrogens is 86.1 g/mol. The predicted molar refractivity (Wildman–Crippen MR) is 28.6 cm³/mol. The third-order valence-corrected chi connectivity index (χ3v) is 2.00. The molecular formula is C6H10N. The summed E-state index contributed by atoms with van der Waals surface area (Å²) in [5.41, 5.74) is 0. The summed E-state index contributed by atoms with van der Waals surface area (Å²) in [6, 6.07) is 1.61. The fourth-order valence-corrected chi connectivity index (χ4v) is 1.44. The molecule has 1 nitrogen and oxygen atoms in total. The molecule has 3 fully saturated rings. The fourth-order valence-electron chi connectivity index (χ4n) is 1.44. The Morgan fingerprint density at radius 3 is 2.43 bits per heavy atom. The molecule has 1 radical (unpaired) electrons. The van der Waals surface area contributed by atoms with E-state index in [4.69, 9.17) is 0 Å². The standard InChI is InChI=1S/C6H10N/c1-2-7-6-3-5(1)4-6/h5,7H,1-4H2. The maximum Gasteiger partial charge on any atom is 0.0369 e. The summed E-state index contributed by atoms with van der Waals surface area (Å²) < 4.78 is 0. The summed E-state index contributed by atoms with van der Waals surface area (Å²) in [6.45, 7) is 1.25. The number of fused-ring (bicyclic) bond motifs is 2. The molecule has 0 aromatic carbocycles.